The van der Waals surface area contributed by atoms with Crippen molar-refractivity contribution in [3.8, 4) is 0 Å². The quantitative estimate of drug-likeness (QED) is 0.846. The largest absolute Gasteiger partial charge is 0.389 e. The van der Waals surface area contributed by atoms with Crippen LogP contribution in [0.2, 0.25) is 0 Å². The van der Waals surface area contributed by atoms with E-state index in [4.69, 9.17) is 0 Å². The van der Waals surface area contributed by atoms with Crippen molar-refractivity contribution in [2.24, 2.45) is 0 Å². The molecule has 0 unspecified atom stereocenters. The highest BCUT2D eigenvalue weighted by Gasteiger charge is 2.15. The van der Waals surface area contributed by atoms with Crippen molar-refractivity contribution in [1.82, 2.24) is 4.90 Å². The van der Waals surface area contributed by atoms with Crippen LogP contribution in [0.25, 0.3) is 0 Å². The van der Waals surface area contributed by atoms with E-state index in [-0.39, 0.29) is 0 Å². The molecule has 17 heavy (non-hydrogen) atoms. The first-order valence-corrected chi connectivity index (χ1v) is 5.95. The van der Waals surface area contributed by atoms with Crippen LogP contribution in [0, 0.1) is 0 Å². The van der Waals surface area contributed by atoms with Gasteiger partial charge in [0.2, 0.25) is 0 Å². The minimum atomic E-state index is -0.641. The third kappa shape index (κ3) is 5.20. The Kier molecular flexibility index (Phi) is 4.54. The fraction of sp³-hybridized carbons (Fsp3) is 0.571. The van der Waals surface area contributed by atoms with Crippen LogP contribution in [0.4, 0.5) is 5.69 Å². The molecule has 0 amide bonds. The van der Waals surface area contributed by atoms with Gasteiger partial charge in [0.1, 0.15) is 0 Å². The molecule has 0 fully saturated rings. The lowest BCUT2D eigenvalue weighted by Crippen LogP contribution is -2.35. The molecule has 0 spiro atoms. The van der Waals surface area contributed by atoms with Crippen molar-refractivity contribution in [1.29, 1.82) is 0 Å². The number of hydrogen-bond donors (Lipinski definition) is 1. The van der Waals surface area contributed by atoms with Crippen LogP contribution in [0.15, 0.2) is 24.3 Å². The predicted molar refractivity (Wildman–Crippen MR) is 73.4 cm³/mol. The van der Waals surface area contributed by atoms with Crippen LogP contribution in [0.3, 0.4) is 0 Å². The molecule has 0 bridgehead atoms. The number of aliphatic hydroxyl groups is 1. The number of anilines is 1. The summed E-state index contributed by atoms with van der Waals surface area (Å²) in [5.41, 5.74) is 1.83. The van der Waals surface area contributed by atoms with Gasteiger partial charge in [-0.25, -0.2) is 0 Å². The maximum absolute atomic E-state index is 9.73. The standard InChI is InChI=1S/C14H24N2O/c1-14(2,17)11-16(5)10-12-6-8-13(9-7-12)15(3)4/h6-9,17H,10-11H2,1-5H3. The lowest BCUT2D eigenvalue weighted by molar-refractivity contribution is 0.0425. The molecule has 1 rings (SSSR count). The highest BCUT2D eigenvalue weighted by molar-refractivity contribution is 5.45. The number of benzene rings is 1. The third-order valence-electron chi connectivity index (χ3n) is 2.56. The van der Waals surface area contributed by atoms with E-state index >= 15 is 0 Å². The molecule has 0 aliphatic rings. The molecular weight excluding hydrogens is 212 g/mol. The van der Waals surface area contributed by atoms with Gasteiger partial charge in [-0.05, 0) is 38.6 Å². The van der Waals surface area contributed by atoms with Gasteiger partial charge in [0.05, 0.1) is 5.60 Å². The van der Waals surface area contributed by atoms with Gasteiger partial charge >= 0.3 is 0 Å². The zero-order valence-electron chi connectivity index (χ0n) is 11.6. The van der Waals surface area contributed by atoms with Crippen LogP contribution in [0.1, 0.15) is 19.4 Å². The predicted octanol–water partition coefficient (Wildman–Crippen LogP) is 1.96. The molecule has 1 N–H and O–H groups in total. The summed E-state index contributed by atoms with van der Waals surface area (Å²) in [6.45, 7) is 5.19. The molecule has 0 saturated carbocycles. The molecule has 1 aromatic rings. The van der Waals surface area contributed by atoms with Crippen LogP contribution >= 0.6 is 0 Å². The smallest absolute Gasteiger partial charge is 0.0718 e. The summed E-state index contributed by atoms with van der Waals surface area (Å²) < 4.78 is 0. The Morgan fingerprint density at radius 3 is 2.00 bits per heavy atom. The van der Waals surface area contributed by atoms with Crippen molar-refractivity contribution in [2.45, 2.75) is 26.0 Å². The summed E-state index contributed by atoms with van der Waals surface area (Å²) in [4.78, 5) is 4.22. The average molecular weight is 236 g/mol. The molecule has 1 aromatic carbocycles. The van der Waals surface area contributed by atoms with Crippen molar-refractivity contribution in [3.63, 3.8) is 0 Å². The minimum Gasteiger partial charge on any atom is -0.389 e. The third-order valence-corrected chi connectivity index (χ3v) is 2.56. The van der Waals surface area contributed by atoms with Crippen LogP contribution in [-0.4, -0.2) is 43.3 Å². The molecule has 0 aromatic heterocycles. The summed E-state index contributed by atoms with van der Waals surface area (Å²) in [5.74, 6) is 0. The molecule has 0 radical (unpaired) electrons. The number of hydrogen-bond acceptors (Lipinski definition) is 3. The topological polar surface area (TPSA) is 26.7 Å². The first-order chi connectivity index (χ1) is 7.78. The van der Waals surface area contributed by atoms with Gasteiger partial charge < -0.3 is 10.0 Å². The van der Waals surface area contributed by atoms with Gasteiger partial charge in [0.15, 0.2) is 0 Å². The Labute approximate surface area is 105 Å². The van der Waals surface area contributed by atoms with E-state index in [0.29, 0.717) is 6.54 Å². The SMILES string of the molecule is CN(Cc1ccc(N(C)C)cc1)CC(C)(C)O. The molecular formula is C14H24N2O. The fourth-order valence-corrected chi connectivity index (χ4v) is 1.93. The number of nitrogens with zero attached hydrogens (tertiary/aromatic N) is 2. The molecule has 96 valence electrons. The maximum Gasteiger partial charge on any atom is 0.0718 e. The first kappa shape index (κ1) is 14.0. The summed E-state index contributed by atoms with van der Waals surface area (Å²) in [5, 5.41) is 9.73. The first-order valence-electron chi connectivity index (χ1n) is 5.95. The maximum atomic E-state index is 9.73. The van der Waals surface area contributed by atoms with Crippen LogP contribution in [-0.2, 0) is 6.54 Å². The van der Waals surface area contributed by atoms with E-state index in [9.17, 15) is 5.11 Å². The second kappa shape index (κ2) is 5.52. The Morgan fingerprint density at radius 2 is 1.59 bits per heavy atom. The van der Waals surface area contributed by atoms with Gasteiger partial charge in [-0.1, -0.05) is 12.1 Å². The van der Waals surface area contributed by atoms with E-state index in [1.807, 2.05) is 35.0 Å². The Bertz CT molecular complexity index is 338. The monoisotopic (exact) mass is 236 g/mol. The summed E-state index contributed by atoms with van der Waals surface area (Å²) in [6, 6.07) is 8.51. The molecule has 0 heterocycles. The van der Waals surface area contributed by atoms with Crippen molar-refractivity contribution < 1.29 is 5.11 Å². The van der Waals surface area contributed by atoms with E-state index in [0.717, 1.165) is 6.54 Å². The highest BCUT2D eigenvalue weighted by Crippen LogP contribution is 2.14. The second-order valence-corrected chi connectivity index (χ2v) is 5.55. The zero-order valence-corrected chi connectivity index (χ0v) is 11.6. The van der Waals surface area contributed by atoms with E-state index in [1.165, 1.54) is 11.3 Å². The molecule has 0 aliphatic heterocycles. The van der Waals surface area contributed by atoms with Gasteiger partial charge in [0.25, 0.3) is 0 Å². The van der Waals surface area contributed by atoms with Crippen molar-refractivity contribution in [3.05, 3.63) is 29.8 Å². The van der Waals surface area contributed by atoms with Crippen LogP contribution < -0.4 is 4.90 Å². The summed E-state index contributed by atoms with van der Waals surface area (Å²) in [6.07, 6.45) is 0. The Morgan fingerprint density at radius 1 is 1.06 bits per heavy atom. The molecule has 0 atom stereocenters. The molecule has 3 heteroatoms. The van der Waals surface area contributed by atoms with Gasteiger partial charge in [-0.3, -0.25) is 4.90 Å². The van der Waals surface area contributed by atoms with Crippen LogP contribution in [0.5, 0.6) is 0 Å². The average Bonchev–Trinajstić information content (AvgIpc) is 2.15. The minimum absolute atomic E-state index is 0.641. The lowest BCUT2D eigenvalue weighted by Gasteiger charge is -2.25. The summed E-state index contributed by atoms with van der Waals surface area (Å²) in [7, 11) is 6.10. The van der Waals surface area contributed by atoms with E-state index in [1.54, 1.807) is 0 Å². The fourth-order valence-electron chi connectivity index (χ4n) is 1.93. The van der Waals surface area contributed by atoms with Gasteiger partial charge in [-0.15, -0.1) is 0 Å². The normalized spacial score (nSPS) is 11.9. The highest BCUT2D eigenvalue weighted by atomic mass is 16.3. The molecule has 0 aliphatic carbocycles. The Hall–Kier alpha value is -1.06. The lowest BCUT2D eigenvalue weighted by atomic mass is 10.1. The molecule has 3 nitrogen and oxygen atoms in total. The van der Waals surface area contributed by atoms with Gasteiger partial charge in [-0.2, -0.15) is 0 Å². The van der Waals surface area contributed by atoms with Gasteiger partial charge in [0, 0.05) is 32.9 Å². The van der Waals surface area contributed by atoms with Crippen molar-refractivity contribution in [2.75, 3.05) is 32.6 Å². The summed E-state index contributed by atoms with van der Waals surface area (Å²) >= 11 is 0. The zero-order chi connectivity index (χ0) is 13.1. The Balaban J connectivity index is 2.57. The van der Waals surface area contributed by atoms with Crippen molar-refractivity contribution >= 4 is 5.69 Å². The number of rotatable bonds is 5. The number of likely N-dealkylation sites (N-methyl/N-ethyl adjacent to an activating group) is 1. The molecule has 0 saturated heterocycles. The second-order valence-electron chi connectivity index (χ2n) is 5.55. The van der Waals surface area contributed by atoms with E-state index < -0.39 is 5.60 Å². The van der Waals surface area contributed by atoms with E-state index in [2.05, 4.69) is 34.1 Å².